The molecule has 0 atom stereocenters. The molecule has 0 saturated carbocycles. The Kier molecular flexibility index (Phi) is 5.54. The molecule has 0 aliphatic rings. The predicted molar refractivity (Wildman–Crippen MR) is 69.0 cm³/mol. The molecule has 0 radical (unpaired) electrons. The Labute approximate surface area is 109 Å². The van der Waals surface area contributed by atoms with Gasteiger partial charge in [-0.2, -0.15) is 0 Å². The number of hydrogen-bond acceptors (Lipinski definition) is 2. The highest BCUT2D eigenvalue weighted by atomic mass is 35.5. The molecule has 0 aromatic heterocycles. The van der Waals surface area contributed by atoms with Gasteiger partial charge in [-0.15, -0.1) is 18.2 Å². The SMILES string of the molecule is C#CCNC(=O)CSc1cc(Cl)ccc1Cl. The van der Waals surface area contributed by atoms with E-state index in [1.165, 1.54) is 11.8 Å². The van der Waals surface area contributed by atoms with Crippen molar-refractivity contribution in [3.05, 3.63) is 28.2 Å². The third kappa shape index (κ3) is 4.36. The highest BCUT2D eigenvalue weighted by Crippen LogP contribution is 2.29. The van der Waals surface area contributed by atoms with E-state index < -0.39 is 0 Å². The van der Waals surface area contributed by atoms with Crippen LogP contribution >= 0.6 is 35.0 Å². The lowest BCUT2D eigenvalue weighted by atomic mass is 10.4. The maximum absolute atomic E-state index is 11.3. The van der Waals surface area contributed by atoms with Gasteiger partial charge in [-0.25, -0.2) is 0 Å². The van der Waals surface area contributed by atoms with Gasteiger partial charge < -0.3 is 5.32 Å². The Morgan fingerprint density at radius 3 is 2.94 bits per heavy atom. The van der Waals surface area contributed by atoms with Gasteiger partial charge in [0.15, 0.2) is 0 Å². The summed E-state index contributed by atoms with van der Waals surface area (Å²) in [7, 11) is 0. The Balaban J connectivity index is 2.51. The molecule has 0 aliphatic carbocycles. The van der Waals surface area contributed by atoms with E-state index in [0.29, 0.717) is 10.0 Å². The second kappa shape index (κ2) is 6.70. The van der Waals surface area contributed by atoms with E-state index in [4.69, 9.17) is 29.6 Å². The van der Waals surface area contributed by atoms with Crippen molar-refractivity contribution in [1.82, 2.24) is 5.32 Å². The first-order chi connectivity index (χ1) is 7.63. The van der Waals surface area contributed by atoms with Gasteiger partial charge in [0, 0.05) is 9.92 Å². The summed E-state index contributed by atoms with van der Waals surface area (Å²) in [6.07, 6.45) is 5.02. The van der Waals surface area contributed by atoms with Crippen LogP contribution in [0.3, 0.4) is 0 Å². The zero-order valence-corrected chi connectivity index (χ0v) is 10.6. The molecule has 0 heterocycles. The standard InChI is InChI=1S/C11H9Cl2NOS/c1-2-5-14-11(15)7-16-10-6-8(12)3-4-9(10)13/h1,3-4,6H,5,7H2,(H,14,15). The molecule has 0 fully saturated rings. The van der Waals surface area contributed by atoms with E-state index in [9.17, 15) is 4.79 Å². The van der Waals surface area contributed by atoms with Gasteiger partial charge in [0.2, 0.25) is 5.91 Å². The van der Waals surface area contributed by atoms with Crippen LogP contribution < -0.4 is 5.32 Å². The number of terminal acetylenes is 1. The number of halogens is 2. The fourth-order valence-electron chi connectivity index (χ4n) is 0.932. The minimum absolute atomic E-state index is 0.126. The molecule has 1 N–H and O–H groups in total. The summed E-state index contributed by atoms with van der Waals surface area (Å²) in [6, 6.07) is 5.13. The van der Waals surface area contributed by atoms with Crippen LogP contribution in [0.4, 0.5) is 0 Å². The largest absolute Gasteiger partial charge is 0.344 e. The number of thioether (sulfide) groups is 1. The molecule has 1 aromatic rings. The van der Waals surface area contributed by atoms with E-state index in [0.717, 1.165) is 4.90 Å². The number of nitrogens with one attached hydrogen (secondary N) is 1. The number of benzene rings is 1. The van der Waals surface area contributed by atoms with Crippen molar-refractivity contribution in [3.63, 3.8) is 0 Å². The third-order valence-corrected chi connectivity index (χ3v) is 3.37. The highest BCUT2D eigenvalue weighted by molar-refractivity contribution is 8.00. The van der Waals surface area contributed by atoms with Crippen LogP contribution in [-0.4, -0.2) is 18.2 Å². The summed E-state index contributed by atoms with van der Waals surface area (Å²) in [6.45, 7) is 0.239. The molecule has 0 bridgehead atoms. The lowest BCUT2D eigenvalue weighted by Gasteiger charge is -2.04. The lowest BCUT2D eigenvalue weighted by Crippen LogP contribution is -2.25. The van der Waals surface area contributed by atoms with Gasteiger partial charge in [0.05, 0.1) is 17.3 Å². The van der Waals surface area contributed by atoms with E-state index in [1.807, 2.05) is 0 Å². The molecular weight excluding hydrogens is 265 g/mol. The van der Waals surface area contributed by atoms with Gasteiger partial charge in [0.25, 0.3) is 0 Å². The summed E-state index contributed by atoms with van der Waals surface area (Å²) < 4.78 is 0. The minimum atomic E-state index is -0.126. The number of rotatable bonds is 4. The zero-order valence-electron chi connectivity index (χ0n) is 8.30. The molecule has 1 aromatic carbocycles. The summed E-state index contributed by atoms with van der Waals surface area (Å²) in [5, 5.41) is 3.74. The van der Waals surface area contributed by atoms with Gasteiger partial charge in [-0.1, -0.05) is 29.1 Å². The van der Waals surface area contributed by atoms with Crippen molar-refractivity contribution < 1.29 is 4.79 Å². The van der Waals surface area contributed by atoms with E-state index in [2.05, 4.69) is 11.2 Å². The van der Waals surface area contributed by atoms with Crippen molar-refractivity contribution in [1.29, 1.82) is 0 Å². The molecular formula is C11H9Cl2NOS. The first kappa shape index (κ1) is 13.2. The first-order valence-electron chi connectivity index (χ1n) is 4.41. The first-order valence-corrected chi connectivity index (χ1v) is 6.15. The molecule has 0 spiro atoms. The van der Waals surface area contributed by atoms with Crippen LogP contribution in [0.15, 0.2) is 23.1 Å². The second-order valence-corrected chi connectivity index (χ2v) is 4.71. The molecule has 0 unspecified atom stereocenters. The molecule has 0 saturated heterocycles. The molecule has 16 heavy (non-hydrogen) atoms. The van der Waals surface area contributed by atoms with Crippen LogP contribution in [-0.2, 0) is 4.79 Å². The van der Waals surface area contributed by atoms with Crippen LogP contribution in [0.1, 0.15) is 0 Å². The normalized spacial score (nSPS) is 9.56. The molecule has 2 nitrogen and oxygen atoms in total. The van der Waals surface area contributed by atoms with Crippen molar-refractivity contribution in [2.24, 2.45) is 0 Å². The Morgan fingerprint density at radius 1 is 1.50 bits per heavy atom. The Bertz CT molecular complexity index is 428. The van der Waals surface area contributed by atoms with Gasteiger partial charge in [-0.05, 0) is 18.2 Å². The maximum Gasteiger partial charge on any atom is 0.231 e. The number of carbonyl (C=O) groups excluding carboxylic acids is 1. The fraction of sp³-hybridized carbons (Fsp3) is 0.182. The zero-order chi connectivity index (χ0) is 12.0. The van der Waals surface area contributed by atoms with E-state index >= 15 is 0 Å². The molecule has 5 heteroatoms. The summed E-state index contributed by atoms with van der Waals surface area (Å²) in [5.41, 5.74) is 0. The predicted octanol–water partition coefficient (Wildman–Crippen LogP) is 2.83. The quantitative estimate of drug-likeness (QED) is 0.675. The number of carbonyl (C=O) groups is 1. The second-order valence-electron chi connectivity index (χ2n) is 2.84. The van der Waals surface area contributed by atoms with Gasteiger partial charge in [0.1, 0.15) is 0 Å². The Hall–Kier alpha value is -0.820. The maximum atomic E-state index is 11.3. The molecule has 1 rings (SSSR count). The van der Waals surface area contributed by atoms with Crippen molar-refractivity contribution >= 4 is 40.9 Å². The van der Waals surface area contributed by atoms with Gasteiger partial charge >= 0.3 is 0 Å². The molecule has 0 aliphatic heterocycles. The van der Waals surface area contributed by atoms with Crippen LogP contribution in [0.2, 0.25) is 10.0 Å². The van der Waals surface area contributed by atoms with Crippen molar-refractivity contribution in [2.45, 2.75) is 4.90 Å². The topological polar surface area (TPSA) is 29.1 Å². The van der Waals surface area contributed by atoms with Crippen molar-refractivity contribution in [3.8, 4) is 12.3 Å². The average Bonchev–Trinajstić information content (AvgIpc) is 2.27. The van der Waals surface area contributed by atoms with Crippen LogP contribution in [0.25, 0.3) is 0 Å². The van der Waals surface area contributed by atoms with Crippen LogP contribution in [0, 0.1) is 12.3 Å². The van der Waals surface area contributed by atoms with Crippen LogP contribution in [0.5, 0.6) is 0 Å². The number of hydrogen-bond donors (Lipinski definition) is 1. The fourth-order valence-corrected chi connectivity index (χ4v) is 2.25. The molecule has 84 valence electrons. The minimum Gasteiger partial charge on any atom is -0.344 e. The Morgan fingerprint density at radius 2 is 2.25 bits per heavy atom. The summed E-state index contributed by atoms with van der Waals surface area (Å²) in [4.78, 5) is 12.1. The third-order valence-electron chi connectivity index (χ3n) is 1.64. The number of amides is 1. The smallest absolute Gasteiger partial charge is 0.231 e. The van der Waals surface area contributed by atoms with Crippen molar-refractivity contribution in [2.75, 3.05) is 12.3 Å². The van der Waals surface area contributed by atoms with E-state index in [1.54, 1.807) is 18.2 Å². The highest BCUT2D eigenvalue weighted by Gasteiger charge is 2.05. The summed E-state index contributed by atoms with van der Waals surface area (Å²) in [5.74, 6) is 2.47. The van der Waals surface area contributed by atoms with Gasteiger partial charge in [-0.3, -0.25) is 4.79 Å². The monoisotopic (exact) mass is 273 g/mol. The molecule has 1 amide bonds. The summed E-state index contributed by atoms with van der Waals surface area (Å²) >= 11 is 13.1. The van der Waals surface area contributed by atoms with E-state index in [-0.39, 0.29) is 18.2 Å². The average molecular weight is 274 g/mol. The lowest BCUT2D eigenvalue weighted by molar-refractivity contribution is -0.118.